The molecule has 0 saturated carbocycles. The number of hydrogen-bond acceptors (Lipinski definition) is 3. The molecule has 0 aliphatic carbocycles. The zero-order valence-electron chi connectivity index (χ0n) is 6.34. The lowest BCUT2D eigenvalue weighted by Crippen LogP contribution is -2.03. The highest BCUT2D eigenvalue weighted by Gasteiger charge is 1.96. The van der Waals surface area contributed by atoms with Gasteiger partial charge < -0.3 is 5.32 Å². The van der Waals surface area contributed by atoms with Gasteiger partial charge in [0.15, 0.2) is 0 Å². The average molecular weight is 263 g/mol. The SMILES string of the molecule is CCCNc1ncncc1I. The molecule has 0 unspecified atom stereocenters. The molecular formula is C7H10IN3. The number of hydrogen-bond donors (Lipinski definition) is 1. The molecule has 0 radical (unpaired) electrons. The summed E-state index contributed by atoms with van der Waals surface area (Å²) in [6, 6.07) is 0. The van der Waals surface area contributed by atoms with Crippen LogP contribution in [0.2, 0.25) is 0 Å². The molecule has 4 heteroatoms. The molecule has 0 fully saturated rings. The molecule has 0 aliphatic heterocycles. The van der Waals surface area contributed by atoms with E-state index in [9.17, 15) is 0 Å². The van der Waals surface area contributed by atoms with E-state index in [2.05, 4.69) is 44.8 Å². The van der Waals surface area contributed by atoms with Crippen molar-refractivity contribution in [2.75, 3.05) is 11.9 Å². The number of rotatable bonds is 3. The first-order valence-electron chi connectivity index (χ1n) is 3.54. The van der Waals surface area contributed by atoms with Gasteiger partial charge in [-0.2, -0.15) is 0 Å². The van der Waals surface area contributed by atoms with E-state index in [-0.39, 0.29) is 0 Å². The van der Waals surface area contributed by atoms with Gasteiger partial charge >= 0.3 is 0 Å². The van der Waals surface area contributed by atoms with Crippen molar-refractivity contribution >= 4 is 28.4 Å². The Balaban J connectivity index is 2.62. The summed E-state index contributed by atoms with van der Waals surface area (Å²) in [5.41, 5.74) is 0. The smallest absolute Gasteiger partial charge is 0.142 e. The third-order valence-electron chi connectivity index (χ3n) is 1.21. The van der Waals surface area contributed by atoms with Gasteiger partial charge in [-0.25, -0.2) is 9.97 Å². The fraction of sp³-hybridized carbons (Fsp3) is 0.429. The lowest BCUT2D eigenvalue weighted by Gasteiger charge is -2.03. The van der Waals surface area contributed by atoms with Gasteiger partial charge in [0, 0.05) is 12.7 Å². The van der Waals surface area contributed by atoms with E-state index in [1.807, 2.05) is 0 Å². The maximum Gasteiger partial charge on any atom is 0.142 e. The summed E-state index contributed by atoms with van der Waals surface area (Å²) in [7, 11) is 0. The molecule has 0 aromatic carbocycles. The van der Waals surface area contributed by atoms with Crippen molar-refractivity contribution in [2.45, 2.75) is 13.3 Å². The van der Waals surface area contributed by atoms with Crippen LogP contribution < -0.4 is 5.32 Å². The van der Waals surface area contributed by atoms with Crippen LogP contribution in [0.1, 0.15) is 13.3 Å². The first-order chi connectivity index (χ1) is 5.34. The highest BCUT2D eigenvalue weighted by Crippen LogP contribution is 2.11. The molecule has 0 bridgehead atoms. The standard InChI is InChI=1S/C7H10IN3/c1-2-3-10-7-6(8)4-9-5-11-7/h4-5H,2-3H2,1H3,(H,9,10,11). The van der Waals surface area contributed by atoms with Gasteiger partial charge in [0.05, 0.1) is 3.57 Å². The monoisotopic (exact) mass is 263 g/mol. The lowest BCUT2D eigenvalue weighted by molar-refractivity contribution is 0.962. The van der Waals surface area contributed by atoms with Crippen molar-refractivity contribution in [3.8, 4) is 0 Å². The first kappa shape index (κ1) is 8.70. The minimum absolute atomic E-state index is 0.933. The predicted octanol–water partition coefficient (Wildman–Crippen LogP) is 1.90. The Kier molecular flexibility index (Phi) is 3.55. The van der Waals surface area contributed by atoms with Gasteiger partial charge in [-0.05, 0) is 29.0 Å². The normalized spacial score (nSPS) is 9.64. The number of nitrogens with one attached hydrogen (secondary N) is 1. The van der Waals surface area contributed by atoms with E-state index < -0.39 is 0 Å². The fourth-order valence-corrected chi connectivity index (χ4v) is 1.18. The van der Waals surface area contributed by atoms with E-state index in [4.69, 9.17) is 0 Å². The van der Waals surface area contributed by atoms with Crippen molar-refractivity contribution in [2.24, 2.45) is 0 Å². The molecule has 0 aliphatic rings. The minimum Gasteiger partial charge on any atom is -0.369 e. The molecule has 1 N–H and O–H groups in total. The molecule has 0 amide bonds. The third kappa shape index (κ3) is 2.61. The van der Waals surface area contributed by atoms with Crippen LogP contribution in [0.5, 0.6) is 0 Å². The zero-order valence-corrected chi connectivity index (χ0v) is 8.50. The van der Waals surface area contributed by atoms with Crippen molar-refractivity contribution in [3.05, 3.63) is 16.1 Å². The second-order valence-electron chi connectivity index (χ2n) is 2.15. The molecule has 0 spiro atoms. The number of nitrogens with zero attached hydrogens (tertiary/aromatic N) is 2. The summed E-state index contributed by atoms with van der Waals surface area (Å²) in [6.45, 7) is 3.09. The Hall–Kier alpha value is -0.390. The molecule has 1 rings (SSSR count). The van der Waals surface area contributed by atoms with Crippen molar-refractivity contribution < 1.29 is 0 Å². The first-order valence-corrected chi connectivity index (χ1v) is 4.62. The Labute approximate surface area is 79.8 Å². The summed E-state index contributed by atoms with van der Waals surface area (Å²) in [5.74, 6) is 0.933. The van der Waals surface area contributed by atoms with E-state index in [0.717, 1.165) is 22.4 Å². The summed E-state index contributed by atoms with van der Waals surface area (Å²) < 4.78 is 1.07. The zero-order chi connectivity index (χ0) is 8.10. The summed E-state index contributed by atoms with van der Waals surface area (Å²) in [5, 5.41) is 3.20. The summed E-state index contributed by atoms with van der Waals surface area (Å²) in [6.07, 6.45) is 4.46. The quantitative estimate of drug-likeness (QED) is 0.846. The Morgan fingerprint density at radius 1 is 1.64 bits per heavy atom. The van der Waals surface area contributed by atoms with Crippen LogP contribution in [0.3, 0.4) is 0 Å². The van der Waals surface area contributed by atoms with Gasteiger partial charge in [-0.3, -0.25) is 0 Å². The van der Waals surface area contributed by atoms with Crippen LogP contribution in [0.15, 0.2) is 12.5 Å². The van der Waals surface area contributed by atoms with Gasteiger partial charge in [0.2, 0.25) is 0 Å². The predicted molar refractivity (Wildman–Crippen MR) is 53.5 cm³/mol. The second-order valence-corrected chi connectivity index (χ2v) is 3.31. The summed E-state index contributed by atoms with van der Waals surface area (Å²) in [4.78, 5) is 7.98. The number of aromatic nitrogens is 2. The van der Waals surface area contributed by atoms with Gasteiger partial charge in [0.1, 0.15) is 12.1 Å². The Morgan fingerprint density at radius 3 is 3.09 bits per heavy atom. The van der Waals surface area contributed by atoms with E-state index in [1.165, 1.54) is 0 Å². The Bertz CT molecular complexity index is 227. The van der Waals surface area contributed by atoms with Crippen LogP contribution in [0, 0.1) is 3.57 Å². The topological polar surface area (TPSA) is 37.8 Å². The third-order valence-corrected chi connectivity index (χ3v) is 2.00. The molecule has 11 heavy (non-hydrogen) atoms. The van der Waals surface area contributed by atoms with E-state index in [0.29, 0.717) is 0 Å². The molecule has 0 saturated heterocycles. The number of halogens is 1. The van der Waals surface area contributed by atoms with Gasteiger partial charge in [-0.15, -0.1) is 0 Å². The largest absolute Gasteiger partial charge is 0.369 e. The van der Waals surface area contributed by atoms with Crippen LogP contribution in [-0.2, 0) is 0 Å². The number of anilines is 1. The van der Waals surface area contributed by atoms with Gasteiger partial charge in [0.25, 0.3) is 0 Å². The Morgan fingerprint density at radius 2 is 2.45 bits per heavy atom. The highest BCUT2D eigenvalue weighted by molar-refractivity contribution is 14.1. The van der Waals surface area contributed by atoms with Crippen LogP contribution in [0.25, 0.3) is 0 Å². The van der Waals surface area contributed by atoms with Crippen molar-refractivity contribution in [3.63, 3.8) is 0 Å². The molecule has 0 atom stereocenters. The molecule has 3 nitrogen and oxygen atoms in total. The van der Waals surface area contributed by atoms with Crippen molar-refractivity contribution in [1.82, 2.24) is 9.97 Å². The van der Waals surface area contributed by atoms with E-state index >= 15 is 0 Å². The van der Waals surface area contributed by atoms with Crippen LogP contribution in [0.4, 0.5) is 5.82 Å². The molecule has 1 aromatic rings. The lowest BCUT2D eigenvalue weighted by atomic mass is 10.5. The average Bonchev–Trinajstić information content (AvgIpc) is 2.03. The molecular weight excluding hydrogens is 253 g/mol. The van der Waals surface area contributed by atoms with E-state index in [1.54, 1.807) is 12.5 Å². The van der Waals surface area contributed by atoms with Crippen LogP contribution in [-0.4, -0.2) is 16.5 Å². The summed E-state index contributed by atoms with van der Waals surface area (Å²) >= 11 is 2.21. The maximum atomic E-state index is 4.09. The second kappa shape index (κ2) is 4.48. The maximum absolute atomic E-state index is 4.09. The van der Waals surface area contributed by atoms with Gasteiger partial charge in [-0.1, -0.05) is 6.92 Å². The molecule has 60 valence electrons. The molecule has 1 aromatic heterocycles. The van der Waals surface area contributed by atoms with Crippen LogP contribution >= 0.6 is 22.6 Å². The molecule has 1 heterocycles. The van der Waals surface area contributed by atoms with Crippen molar-refractivity contribution in [1.29, 1.82) is 0 Å². The minimum atomic E-state index is 0.933. The highest BCUT2D eigenvalue weighted by atomic mass is 127. The fourth-order valence-electron chi connectivity index (χ4n) is 0.686.